The van der Waals surface area contributed by atoms with E-state index < -0.39 is 17.7 Å². The highest BCUT2D eigenvalue weighted by Crippen LogP contribution is 2.44. The maximum atomic E-state index is 13.4. The Kier molecular flexibility index (Phi) is 8.30. The molecule has 10 heteroatoms. The number of rotatable bonds is 9. The Hall–Kier alpha value is -3.66. The van der Waals surface area contributed by atoms with E-state index in [0.717, 1.165) is 12.0 Å². The summed E-state index contributed by atoms with van der Waals surface area (Å²) in [5.74, 6) is -0.555. The number of aromatic nitrogens is 2. The van der Waals surface area contributed by atoms with Gasteiger partial charge in [0.15, 0.2) is 4.34 Å². The second-order valence-corrected chi connectivity index (χ2v) is 11.3. The van der Waals surface area contributed by atoms with Crippen LogP contribution in [0.5, 0.6) is 5.75 Å². The van der Waals surface area contributed by atoms with Crippen LogP contribution in [0.1, 0.15) is 36.1 Å². The molecule has 1 aliphatic heterocycles. The number of nitrogens with zero attached hydrogens (tertiary/aromatic N) is 3. The minimum Gasteiger partial charge on any atom is -0.507 e. The summed E-state index contributed by atoms with van der Waals surface area (Å²) in [5, 5.41) is 20.7. The molecular weight excluding hydrogens is 554 g/mol. The Bertz CT molecular complexity index is 1520. The fourth-order valence-corrected chi connectivity index (χ4v) is 6.33. The maximum Gasteiger partial charge on any atom is 0.301 e. The average molecular weight is 578 g/mol. The van der Waals surface area contributed by atoms with Gasteiger partial charge in [-0.25, -0.2) is 0 Å². The Morgan fingerprint density at radius 2 is 1.74 bits per heavy atom. The number of amides is 1. The fourth-order valence-electron chi connectivity index (χ4n) is 4.18. The number of benzene rings is 3. The first kappa shape index (κ1) is 26.9. The van der Waals surface area contributed by atoms with Crippen molar-refractivity contribution in [1.29, 1.82) is 0 Å². The Labute approximate surface area is 239 Å². The molecule has 7 nitrogen and oxygen atoms in total. The number of carbonyl (C=O) groups is 2. The van der Waals surface area contributed by atoms with Crippen LogP contribution in [0.2, 0.25) is 5.02 Å². The lowest BCUT2D eigenvalue weighted by Gasteiger charge is -2.22. The molecule has 1 aromatic heterocycles. The summed E-state index contributed by atoms with van der Waals surface area (Å²) in [6, 6.07) is 22.5. The molecule has 2 heterocycles. The highest BCUT2D eigenvalue weighted by Gasteiger charge is 2.48. The number of hydrogen-bond acceptors (Lipinski definition) is 8. The molecule has 0 radical (unpaired) electrons. The standard InChI is InChI=1S/C29H24ClN3O4S2/c1-2-16-37-21-14-12-18(13-15-21)24-23(25(34)19-8-4-3-5-9-19)26(35)27(36)33(24)28-31-32-29(39-28)38-17-20-10-6-7-11-22(20)30/h3-15,24,34H,2,16-17H2,1H3/b25-23-. The number of Topliss-reactive ketones (excluding diaryl/α,β-unsaturated/α-hetero) is 1. The van der Waals surface area contributed by atoms with Gasteiger partial charge in [-0.2, -0.15) is 0 Å². The third-order valence-corrected chi connectivity index (χ3v) is 8.54. The van der Waals surface area contributed by atoms with E-state index in [1.165, 1.54) is 28.0 Å². The lowest BCUT2D eigenvalue weighted by atomic mass is 9.95. The van der Waals surface area contributed by atoms with Crippen LogP contribution in [0.15, 0.2) is 88.8 Å². The summed E-state index contributed by atoms with van der Waals surface area (Å²) in [7, 11) is 0. The van der Waals surface area contributed by atoms with Crippen molar-refractivity contribution in [1.82, 2.24) is 10.2 Å². The second kappa shape index (κ2) is 12.0. The molecule has 0 saturated carbocycles. The number of aliphatic hydroxyl groups is 1. The summed E-state index contributed by atoms with van der Waals surface area (Å²) >= 11 is 8.93. The van der Waals surface area contributed by atoms with Gasteiger partial charge in [-0.15, -0.1) is 10.2 Å². The molecule has 39 heavy (non-hydrogen) atoms. The molecule has 1 fully saturated rings. The topological polar surface area (TPSA) is 92.6 Å². The molecule has 3 aromatic carbocycles. The highest BCUT2D eigenvalue weighted by atomic mass is 35.5. The number of carbonyl (C=O) groups excluding carboxylic acids is 2. The number of ketones is 1. The van der Waals surface area contributed by atoms with Gasteiger partial charge < -0.3 is 9.84 Å². The zero-order valence-electron chi connectivity index (χ0n) is 20.9. The number of thioether (sulfide) groups is 1. The van der Waals surface area contributed by atoms with Gasteiger partial charge in [0, 0.05) is 16.3 Å². The predicted octanol–water partition coefficient (Wildman–Crippen LogP) is 6.90. The summed E-state index contributed by atoms with van der Waals surface area (Å²) in [6.45, 7) is 2.60. The molecule has 1 aliphatic rings. The molecule has 5 rings (SSSR count). The van der Waals surface area contributed by atoms with Gasteiger partial charge in [0.05, 0.1) is 18.2 Å². The third-order valence-electron chi connectivity index (χ3n) is 6.07. The number of halogens is 1. The van der Waals surface area contributed by atoms with Gasteiger partial charge in [-0.1, -0.05) is 102 Å². The van der Waals surface area contributed by atoms with E-state index in [9.17, 15) is 14.7 Å². The van der Waals surface area contributed by atoms with Gasteiger partial charge in [-0.05, 0) is 35.7 Å². The van der Waals surface area contributed by atoms with Gasteiger partial charge in [0.1, 0.15) is 11.5 Å². The lowest BCUT2D eigenvalue weighted by molar-refractivity contribution is -0.132. The van der Waals surface area contributed by atoms with Crippen LogP contribution < -0.4 is 9.64 Å². The lowest BCUT2D eigenvalue weighted by Crippen LogP contribution is -2.29. The van der Waals surface area contributed by atoms with E-state index in [2.05, 4.69) is 10.2 Å². The van der Waals surface area contributed by atoms with E-state index in [1.54, 1.807) is 48.5 Å². The summed E-state index contributed by atoms with van der Waals surface area (Å²) in [5.41, 5.74) is 2.02. The monoisotopic (exact) mass is 577 g/mol. The van der Waals surface area contributed by atoms with Gasteiger partial charge >= 0.3 is 5.91 Å². The van der Waals surface area contributed by atoms with Crippen molar-refractivity contribution in [2.24, 2.45) is 0 Å². The average Bonchev–Trinajstić information content (AvgIpc) is 3.53. The molecule has 198 valence electrons. The molecule has 1 atom stereocenters. The molecule has 4 aromatic rings. The molecule has 1 unspecified atom stereocenters. The first-order chi connectivity index (χ1) is 19.0. The predicted molar refractivity (Wildman–Crippen MR) is 154 cm³/mol. The van der Waals surface area contributed by atoms with Crippen molar-refractivity contribution in [3.8, 4) is 5.75 Å². The molecule has 0 bridgehead atoms. The fraction of sp³-hybridized carbons (Fsp3) is 0.172. The summed E-state index contributed by atoms with van der Waals surface area (Å²) in [4.78, 5) is 28.1. The van der Waals surface area contributed by atoms with Crippen LogP contribution in [0.3, 0.4) is 0 Å². The zero-order chi connectivity index (χ0) is 27.4. The minimum absolute atomic E-state index is 0.00565. The van der Waals surface area contributed by atoms with Crippen molar-refractivity contribution >= 4 is 57.3 Å². The van der Waals surface area contributed by atoms with Crippen LogP contribution in [0, 0.1) is 0 Å². The molecule has 1 saturated heterocycles. The zero-order valence-corrected chi connectivity index (χ0v) is 23.3. The van der Waals surface area contributed by atoms with E-state index in [1.807, 2.05) is 37.3 Å². The Balaban J connectivity index is 1.52. The van der Waals surface area contributed by atoms with Crippen LogP contribution in [0.25, 0.3) is 5.76 Å². The van der Waals surface area contributed by atoms with Crippen LogP contribution in [-0.2, 0) is 15.3 Å². The molecule has 0 aliphatic carbocycles. The summed E-state index contributed by atoms with van der Waals surface area (Å²) in [6.07, 6.45) is 0.868. The van der Waals surface area contributed by atoms with Crippen molar-refractivity contribution in [3.63, 3.8) is 0 Å². The second-order valence-electron chi connectivity index (χ2n) is 8.68. The van der Waals surface area contributed by atoms with E-state index in [-0.39, 0.29) is 16.5 Å². The maximum absolute atomic E-state index is 13.4. The summed E-state index contributed by atoms with van der Waals surface area (Å²) < 4.78 is 6.33. The third kappa shape index (κ3) is 5.71. The number of ether oxygens (including phenoxy) is 1. The molecule has 1 amide bonds. The van der Waals surface area contributed by atoms with Crippen molar-refractivity contribution in [2.75, 3.05) is 11.5 Å². The largest absolute Gasteiger partial charge is 0.507 e. The minimum atomic E-state index is -0.889. The van der Waals surface area contributed by atoms with Gasteiger partial charge in [-0.3, -0.25) is 14.5 Å². The number of hydrogen-bond donors (Lipinski definition) is 1. The van der Waals surface area contributed by atoms with Crippen LogP contribution in [0.4, 0.5) is 5.13 Å². The number of aliphatic hydroxyl groups excluding tert-OH is 1. The van der Waals surface area contributed by atoms with E-state index in [4.69, 9.17) is 16.3 Å². The van der Waals surface area contributed by atoms with Gasteiger partial charge in [0.25, 0.3) is 5.78 Å². The van der Waals surface area contributed by atoms with Crippen LogP contribution in [-0.4, -0.2) is 33.6 Å². The Morgan fingerprint density at radius 1 is 1.03 bits per heavy atom. The SMILES string of the molecule is CCCOc1ccc(C2/C(=C(/O)c3ccccc3)C(=O)C(=O)N2c2nnc(SCc3ccccc3Cl)s2)cc1. The molecule has 1 N–H and O–H groups in total. The van der Waals surface area contributed by atoms with Crippen molar-refractivity contribution in [2.45, 2.75) is 29.5 Å². The van der Waals surface area contributed by atoms with Crippen LogP contribution >= 0.6 is 34.7 Å². The highest BCUT2D eigenvalue weighted by molar-refractivity contribution is 8.00. The first-order valence-electron chi connectivity index (χ1n) is 12.3. The smallest absolute Gasteiger partial charge is 0.301 e. The number of anilines is 1. The molecule has 0 spiro atoms. The van der Waals surface area contributed by atoms with Gasteiger partial charge in [0.2, 0.25) is 5.13 Å². The Morgan fingerprint density at radius 3 is 2.46 bits per heavy atom. The van der Waals surface area contributed by atoms with E-state index >= 15 is 0 Å². The van der Waals surface area contributed by atoms with Crippen molar-refractivity contribution in [3.05, 3.63) is 106 Å². The van der Waals surface area contributed by atoms with Crippen molar-refractivity contribution < 1.29 is 19.4 Å². The normalized spacial score (nSPS) is 16.6. The molecular formula is C29H24ClN3O4S2. The van der Waals surface area contributed by atoms with E-state index in [0.29, 0.717) is 38.6 Å². The quantitative estimate of drug-likeness (QED) is 0.0760. The first-order valence-corrected chi connectivity index (χ1v) is 14.4.